The number of hydrogen-bond acceptors (Lipinski definition) is 4. The third-order valence-corrected chi connectivity index (χ3v) is 5.31. The third-order valence-electron chi connectivity index (χ3n) is 5.31. The van der Waals surface area contributed by atoms with Crippen LogP contribution in [0.4, 0.5) is 0 Å². The van der Waals surface area contributed by atoms with Crippen molar-refractivity contribution in [1.29, 1.82) is 0 Å². The molecule has 1 aliphatic heterocycles. The van der Waals surface area contributed by atoms with Gasteiger partial charge < -0.3 is 19.6 Å². The molecule has 0 fully saturated rings. The zero-order chi connectivity index (χ0) is 21.5. The van der Waals surface area contributed by atoms with Gasteiger partial charge in [0.25, 0.3) is 5.91 Å². The van der Waals surface area contributed by atoms with E-state index < -0.39 is 5.97 Å². The number of likely N-dealkylation sites (N-methyl/N-ethyl adjacent to an activating group) is 1. The first-order valence-corrected chi connectivity index (χ1v) is 10.4. The summed E-state index contributed by atoms with van der Waals surface area (Å²) in [6.45, 7) is 2.29. The molecular formula is C24H30N2O4. The smallest absolute Gasteiger partial charge is 0.323 e. The molecule has 0 saturated heterocycles. The maximum atomic E-state index is 12.7. The van der Waals surface area contributed by atoms with Gasteiger partial charge in [-0.2, -0.15) is 0 Å². The highest BCUT2D eigenvalue weighted by atomic mass is 16.5. The topological polar surface area (TPSA) is 70.1 Å². The Kier molecular flexibility index (Phi) is 7.46. The Labute approximate surface area is 178 Å². The van der Waals surface area contributed by atoms with Crippen LogP contribution in [0, 0.1) is 0 Å². The molecule has 0 radical (unpaired) electrons. The molecule has 30 heavy (non-hydrogen) atoms. The quantitative estimate of drug-likeness (QED) is 0.840. The molecule has 1 N–H and O–H groups in total. The highest BCUT2D eigenvalue weighted by molar-refractivity contribution is 5.96. The van der Waals surface area contributed by atoms with Crippen LogP contribution in [0.1, 0.15) is 46.3 Å². The fraction of sp³-hybridized carbons (Fsp3) is 0.417. The number of rotatable bonds is 3. The third kappa shape index (κ3) is 6.07. The van der Waals surface area contributed by atoms with Crippen LogP contribution in [0.25, 0.3) is 0 Å². The zero-order valence-electron chi connectivity index (χ0n) is 17.8. The molecular weight excluding hydrogens is 380 g/mol. The Morgan fingerprint density at radius 2 is 1.90 bits per heavy atom. The number of nitrogens with zero attached hydrogens (tertiary/aromatic N) is 2. The Morgan fingerprint density at radius 3 is 2.70 bits per heavy atom. The molecule has 1 aliphatic rings. The number of amides is 1. The maximum absolute atomic E-state index is 12.7. The van der Waals surface area contributed by atoms with Crippen LogP contribution < -0.4 is 4.74 Å². The number of aliphatic carboxylic acids is 1. The lowest BCUT2D eigenvalue weighted by molar-refractivity contribution is -0.137. The summed E-state index contributed by atoms with van der Waals surface area (Å²) >= 11 is 0. The Balaban J connectivity index is 1.90. The van der Waals surface area contributed by atoms with Crippen molar-refractivity contribution in [3.63, 3.8) is 0 Å². The first-order chi connectivity index (χ1) is 14.4. The number of fused-ring (bicyclic) bond motifs is 3. The van der Waals surface area contributed by atoms with E-state index in [2.05, 4.69) is 36.2 Å². The second kappa shape index (κ2) is 10.3. The van der Waals surface area contributed by atoms with Gasteiger partial charge in [0.1, 0.15) is 12.3 Å². The van der Waals surface area contributed by atoms with Crippen molar-refractivity contribution in [2.75, 3.05) is 33.8 Å². The molecule has 3 rings (SSSR count). The average Bonchev–Trinajstić information content (AvgIpc) is 2.70. The number of carboxylic acids is 1. The lowest BCUT2D eigenvalue weighted by atomic mass is 9.99. The molecule has 0 atom stereocenters. The minimum absolute atomic E-state index is 0.310. The second-order valence-electron chi connectivity index (χ2n) is 8.02. The molecule has 2 aromatic carbocycles. The molecule has 6 heteroatoms. The fourth-order valence-electron chi connectivity index (χ4n) is 3.78. The van der Waals surface area contributed by atoms with Crippen LogP contribution in [0.5, 0.6) is 5.75 Å². The van der Waals surface area contributed by atoms with Gasteiger partial charge in [0.05, 0.1) is 6.61 Å². The molecule has 2 aromatic rings. The highest BCUT2D eigenvalue weighted by Gasteiger charge is 2.17. The summed E-state index contributed by atoms with van der Waals surface area (Å²) in [4.78, 5) is 27.2. The summed E-state index contributed by atoms with van der Waals surface area (Å²) in [5.74, 6) is -0.559. The number of carboxylic acid groups (broad SMARTS) is 1. The lowest BCUT2D eigenvalue weighted by Gasteiger charge is -2.19. The number of benzene rings is 2. The first-order valence-electron chi connectivity index (χ1n) is 10.4. The highest BCUT2D eigenvalue weighted by Crippen LogP contribution is 2.25. The molecule has 160 valence electrons. The van der Waals surface area contributed by atoms with Gasteiger partial charge in [-0.3, -0.25) is 9.59 Å². The van der Waals surface area contributed by atoms with Crippen molar-refractivity contribution < 1.29 is 19.4 Å². The molecule has 1 amide bonds. The molecule has 1 heterocycles. The largest absolute Gasteiger partial charge is 0.493 e. The van der Waals surface area contributed by atoms with E-state index in [9.17, 15) is 9.59 Å². The van der Waals surface area contributed by atoms with Crippen LogP contribution in [0.3, 0.4) is 0 Å². The van der Waals surface area contributed by atoms with E-state index in [0.29, 0.717) is 18.6 Å². The average molecular weight is 411 g/mol. The SMILES string of the molecule is CN1CCCCCOc2ccc(C(=O)N(C)CC(=O)O)cc2Cc2cccc(c2)C1. The van der Waals surface area contributed by atoms with Crippen molar-refractivity contribution >= 4 is 11.9 Å². The van der Waals surface area contributed by atoms with Crippen molar-refractivity contribution in [2.24, 2.45) is 0 Å². The van der Waals surface area contributed by atoms with E-state index in [-0.39, 0.29) is 12.5 Å². The molecule has 0 aliphatic carbocycles. The first kappa shape index (κ1) is 21.8. The summed E-state index contributed by atoms with van der Waals surface area (Å²) in [6.07, 6.45) is 3.88. The van der Waals surface area contributed by atoms with Gasteiger partial charge in [0.2, 0.25) is 0 Å². The predicted octanol–water partition coefficient (Wildman–Crippen LogP) is 3.43. The van der Waals surface area contributed by atoms with Crippen LogP contribution in [0.2, 0.25) is 0 Å². The maximum Gasteiger partial charge on any atom is 0.323 e. The summed E-state index contributed by atoms with van der Waals surface area (Å²) in [6, 6.07) is 13.9. The standard InChI is InChI=1S/C24H30N2O4/c1-25-11-4-3-5-12-30-22-10-9-20(24(29)26(2)17-23(27)28)15-21(22)14-18-7-6-8-19(13-18)16-25/h6-10,13,15H,3-5,11-12,14,16-17H2,1-2H3,(H,27,28). The van der Waals surface area contributed by atoms with Crippen LogP contribution >= 0.6 is 0 Å². The van der Waals surface area contributed by atoms with Gasteiger partial charge in [0.15, 0.2) is 0 Å². The van der Waals surface area contributed by atoms with Gasteiger partial charge in [-0.25, -0.2) is 0 Å². The second-order valence-corrected chi connectivity index (χ2v) is 8.02. The number of carbonyl (C=O) groups excluding carboxylic acids is 1. The van der Waals surface area contributed by atoms with Crippen LogP contribution in [-0.4, -0.2) is 60.6 Å². The van der Waals surface area contributed by atoms with Gasteiger partial charge in [0, 0.05) is 25.6 Å². The van der Waals surface area contributed by atoms with Crippen molar-refractivity contribution in [1.82, 2.24) is 9.80 Å². The summed E-state index contributed by atoms with van der Waals surface area (Å²) in [5, 5.41) is 8.97. The zero-order valence-corrected chi connectivity index (χ0v) is 17.8. The Bertz CT molecular complexity index is 897. The van der Waals surface area contributed by atoms with Crippen molar-refractivity contribution in [3.8, 4) is 5.75 Å². The Hall–Kier alpha value is -2.86. The minimum atomic E-state index is -1.03. The van der Waals surface area contributed by atoms with E-state index in [1.54, 1.807) is 6.07 Å². The number of hydrogen-bond donors (Lipinski definition) is 1. The van der Waals surface area contributed by atoms with Crippen molar-refractivity contribution in [3.05, 3.63) is 64.7 Å². The molecule has 0 aromatic heterocycles. The van der Waals surface area contributed by atoms with Crippen LogP contribution in [-0.2, 0) is 17.8 Å². The molecule has 0 unspecified atom stereocenters. The summed E-state index contributed by atoms with van der Waals surface area (Å²) in [7, 11) is 3.65. The monoisotopic (exact) mass is 410 g/mol. The molecule has 2 bridgehead atoms. The van der Waals surface area contributed by atoms with Crippen molar-refractivity contribution in [2.45, 2.75) is 32.2 Å². The molecule has 6 nitrogen and oxygen atoms in total. The van der Waals surface area contributed by atoms with Crippen LogP contribution in [0.15, 0.2) is 42.5 Å². The number of ether oxygens (including phenoxy) is 1. The Morgan fingerprint density at radius 1 is 1.10 bits per heavy atom. The molecule has 0 spiro atoms. The summed E-state index contributed by atoms with van der Waals surface area (Å²) in [5.41, 5.74) is 3.83. The van der Waals surface area contributed by atoms with E-state index in [1.165, 1.54) is 17.5 Å². The molecule has 0 saturated carbocycles. The van der Waals surface area contributed by atoms with E-state index >= 15 is 0 Å². The lowest BCUT2D eigenvalue weighted by Crippen LogP contribution is -2.32. The minimum Gasteiger partial charge on any atom is -0.493 e. The summed E-state index contributed by atoms with van der Waals surface area (Å²) < 4.78 is 6.06. The van der Waals surface area contributed by atoms with Gasteiger partial charge >= 0.3 is 5.97 Å². The van der Waals surface area contributed by atoms with E-state index in [1.807, 2.05) is 12.1 Å². The predicted molar refractivity (Wildman–Crippen MR) is 116 cm³/mol. The van der Waals surface area contributed by atoms with Gasteiger partial charge in [-0.05, 0) is 67.7 Å². The van der Waals surface area contributed by atoms with E-state index in [4.69, 9.17) is 9.84 Å². The van der Waals surface area contributed by atoms with Gasteiger partial charge in [-0.1, -0.05) is 24.3 Å². The number of carbonyl (C=O) groups is 2. The van der Waals surface area contributed by atoms with Gasteiger partial charge in [-0.15, -0.1) is 0 Å². The normalized spacial score (nSPS) is 15.4. The fourth-order valence-corrected chi connectivity index (χ4v) is 3.78. The van der Waals surface area contributed by atoms with E-state index in [0.717, 1.165) is 49.2 Å².